The quantitative estimate of drug-likeness (QED) is 0.672. The molecule has 0 unspecified atom stereocenters. The van der Waals surface area contributed by atoms with Crippen molar-refractivity contribution in [1.82, 2.24) is 4.47 Å². The molecule has 3 aromatic carbocycles. The SMILES string of the molecule is Cc1cccc(-c2ccc3c(c2)SN([C@@H](Cc2ccccc2)C(N)=O)O3)c1. The van der Waals surface area contributed by atoms with Crippen LogP contribution in [0.3, 0.4) is 0 Å². The Balaban J connectivity index is 1.56. The van der Waals surface area contributed by atoms with Crippen molar-refractivity contribution in [2.24, 2.45) is 5.73 Å². The first-order valence-electron chi connectivity index (χ1n) is 8.79. The lowest BCUT2D eigenvalue weighted by Crippen LogP contribution is -2.42. The number of primary amides is 1. The third-order valence-corrected chi connectivity index (χ3v) is 5.55. The minimum absolute atomic E-state index is 0.405. The standard InChI is InChI=1S/C22H20N2O2S/c1-15-6-5-9-17(12-15)18-10-11-20-21(14-18)27-24(26-20)19(22(23)25)13-16-7-3-2-4-8-16/h2-12,14,19H,13H2,1H3,(H2,23,25)/t19-/m0/s1. The molecule has 1 aliphatic rings. The normalized spacial score (nSPS) is 14.4. The summed E-state index contributed by atoms with van der Waals surface area (Å²) in [6.45, 7) is 2.08. The Hall–Kier alpha value is -2.76. The van der Waals surface area contributed by atoms with Crippen molar-refractivity contribution in [3.63, 3.8) is 0 Å². The van der Waals surface area contributed by atoms with Crippen molar-refractivity contribution in [1.29, 1.82) is 0 Å². The number of hydrogen-bond donors (Lipinski definition) is 1. The second kappa shape index (κ2) is 7.47. The minimum Gasteiger partial charge on any atom is -0.393 e. The van der Waals surface area contributed by atoms with Gasteiger partial charge in [0.25, 0.3) is 0 Å². The average molecular weight is 376 g/mol. The Kier molecular flexibility index (Phi) is 4.88. The summed E-state index contributed by atoms with van der Waals surface area (Å²) >= 11 is 1.42. The largest absolute Gasteiger partial charge is 0.393 e. The topological polar surface area (TPSA) is 55.6 Å². The number of carbonyl (C=O) groups is 1. The van der Waals surface area contributed by atoms with E-state index < -0.39 is 11.9 Å². The zero-order valence-electron chi connectivity index (χ0n) is 15.0. The monoisotopic (exact) mass is 376 g/mol. The molecular weight excluding hydrogens is 356 g/mol. The first-order valence-corrected chi connectivity index (χ1v) is 9.57. The zero-order chi connectivity index (χ0) is 18.8. The van der Waals surface area contributed by atoms with Crippen LogP contribution in [-0.4, -0.2) is 16.4 Å². The van der Waals surface area contributed by atoms with Crippen LogP contribution < -0.4 is 10.6 Å². The highest BCUT2D eigenvalue weighted by molar-refractivity contribution is 7.97. The molecule has 0 bridgehead atoms. The fraction of sp³-hybridized carbons (Fsp3) is 0.136. The molecule has 0 spiro atoms. The van der Waals surface area contributed by atoms with Crippen molar-refractivity contribution in [3.8, 4) is 16.9 Å². The molecule has 27 heavy (non-hydrogen) atoms. The van der Waals surface area contributed by atoms with Crippen LogP contribution in [-0.2, 0) is 11.2 Å². The lowest BCUT2D eigenvalue weighted by Gasteiger charge is -2.21. The van der Waals surface area contributed by atoms with Gasteiger partial charge in [0.05, 0.1) is 4.90 Å². The maximum absolute atomic E-state index is 12.1. The van der Waals surface area contributed by atoms with Crippen LogP contribution in [0.4, 0.5) is 0 Å². The van der Waals surface area contributed by atoms with Crippen LogP contribution in [0.15, 0.2) is 77.7 Å². The summed E-state index contributed by atoms with van der Waals surface area (Å²) in [5.41, 5.74) is 10.2. The van der Waals surface area contributed by atoms with Gasteiger partial charge in [0.1, 0.15) is 6.04 Å². The molecule has 5 heteroatoms. The third kappa shape index (κ3) is 3.84. The van der Waals surface area contributed by atoms with Gasteiger partial charge in [0.2, 0.25) is 5.91 Å². The molecule has 0 saturated heterocycles. The highest BCUT2D eigenvalue weighted by Gasteiger charge is 2.33. The van der Waals surface area contributed by atoms with Crippen molar-refractivity contribution < 1.29 is 9.63 Å². The molecule has 2 N–H and O–H groups in total. The molecule has 0 radical (unpaired) electrons. The van der Waals surface area contributed by atoms with E-state index >= 15 is 0 Å². The third-order valence-electron chi connectivity index (χ3n) is 4.53. The summed E-state index contributed by atoms with van der Waals surface area (Å²) in [5.74, 6) is 0.341. The Morgan fingerprint density at radius 3 is 2.56 bits per heavy atom. The van der Waals surface area contributed by atoms with Gasteiger partial charge in [-0.1, -0.05) is 70.7 Å². The van der Waals surface area contributed by atoms with E-state index in [9.17, 15) is 4.79 Å². The minimum atomic E-state index is -0.549. The molecule has 0 aliphatic carbocycles. The van der Waals surface area contributed by atoms with Crippen LogP contribution in [0, 0.1) is 6.92 Å². The Labute approximate surface area is 163 Å². The van der Waals surface area contributed by atoms with E-state index in [-0.39, 0.29) is 0 Å². The van der Waals surface area contributed by atoms with Crippen LogP contribution in [0.5, 0.6) is 5.75 Å². The van der Waals surface area contributed by atoms with Crippen molar-refractivity contribution >= 4 is 17.9 Å². The molecule has 1 aliphatic heterocycles. The zero-order valence-corrected chi connectivity index (χ0v) is 15.8. The van der Waals surface area contributed by atoms with Gasteiger partial charge in [0.15, 0.2) is 5.75 Å². The number of amides is 1. The van der Waals surface area contributed by atoms with Gasteiger partial charge in [-0.25, -0.2) is 0 Å². The summed E-state index contributed by atoms with van der Waals surface area (Å²) in [6, 6.07) is 23.7. The first-order chi connectivity index (χ1) is 13.1. The van der Waals surface area contributed by atoms with E-state index in [1.54, 1.807) is 4.47 Å². The number of hydrogen-bond acceptors (Lipinski definition) is 4. The molecule has 0 aromatic heterocycles. The second-order valence-corrected chi connectivity index (χ2v) is 7.59. The maximum atomic E-state index is 12.1. The fourth-order valence-corrected chi connectivity index (χ4v) is 4.11. The molecule has 0 saturated carbocycles. The molecule has 0 fully saturated rings. The van der Waals surface area contributed by atoms with E-state index in [0.29, 0.717) is 6.42 Å². The summed E-state index contributed by atoms with van der Waals surface area (Å²) in [7, 11) is 0. The number of benzene rings is 3. The number of rotatable bonds is 5. The Morgan fingerprint density at radius 2 is 1.81 bits per heavy atom. The average Bonchev–Trinajstić information content (AvgIpc) is 3.09. The van der Waals surface area contributed by atoms with Gasteiger partial charge in [-0.3, -0.25) is 4.79 Å². The number of nitrogens with two attached hydrogens (primary N) is 1. The van der Waals surface area contributed by atoms with Crippen LogP contribution in [0.25, 0.3) is 11.1 Å². The van der Waals surface area contributed by atoms with Gasteiger partial charge in [0, 0.05) is 18.4 Å². The summed E-state index contributed by atoms with van der Waals surface area (Å²) in [4.78, 5) is 18.9. The van der Waals surface area contributed by atoms with Crippen LogP contribution in [0.2, 0.25) is 0 Å². The lowest BCUT2D eigenvalue weighted by atomic mass is 10.0. The summed E-state index contributed by atoms with van der Waals surface area (Å²) in [5, 5.41) is 0. The molecular formula is C22H20N2O2S. The van der Waals surface area contributed by atoms with Crippen molar-refractivity contribution in [2.45, 2.75) is 24.3 Å². The molecule has 1 heterocycles. The van der Waals surface area contributed by atoms with Gasteiger partial charge >= 0.3 is 0 Å². The highest BCUT2D eigenvalue weighted by atomic mass is 32.2. The predicted octanol–water partition coefficient (Wildman–Crippen LogP) is 4.38. The fourth-order valence-electron chi connectivity index (χ4n) is 3.12. The molecule has 4 nitrogen and oxygen atoms in total. The Morgan fingerprint density at radius 1 is 1.04 bits per heavy atom. The lowest BCUT2D eigenvalue weighted by molar-refractivity contribution is -0.127. The van der Waals surface area contributed by atoms with E-state index in [4.69, 9.17) is 10.6 Å². The first kappa shape index (κ1) is 17.6. The summed E-state index contributed by atoms with van der Waals surface area (Å²) < 4.78 is 1.61. The molecule has 136 valence electrons. The highest BCUT2D eigenvalue weighted by Crippen LogP contribution is 2.43. The van der Waals surface area contributed by atoms with Gasteiger partial charge in [-0.2, -0.15) is 0 Å². The number of fused-ring (bicyclic) bond motifs is 1. The van der Waals surface area contributed by atoms with E-state index in [1.165, 1.54) is 17.5 Å². The number of nitrogens with zero attached hydrogens (tertiary/aromatic N) is 1. The van der Waals surface area contributed by atoms with E-state index in [1.807, 2.05) is 42.5 Å². The molecule has 3 aromatic rings. The number of aryl methyl sites for hydroxylation is 1. The Bertz CT molecular complexity index is 975. The van der Waals surface area contributed by atoms with Gasteiger partial charge < -0.3 is 10.6 Å². The van der Waals surface area contributed by atoms with Crippen molar-refractivity contribution in [2.75, 3.05) is 0 Å². The second-order valence-electron chi connectivity index (χ2n) is 6.61. The van der Waals surface area contributed by atoms with Crippen LogP contribution >= 0.6 is 11.9 Å². The number of hydroxylamine groups is 1. The smallest absolute Gasteiger partial charge is 0.239 e. The predicted molar refractivity (Wildman–Crippen MR) is 108 cm³/mol. The van der Waals surface area contributed by atoms with E-state index in [2.05, 4.69) is 37.3 Å². The number of carbonyl (C=O) groups excluding carboxylic acids is 1. The van der Waals surface area contributed by atoms with E-state index in [0.717, 1.165) is 27.3 Å². The van der Waals surface area contributed by atoms with Gasteiger partial charge in [-0.15, -0.1) is 0 Å². The molecule has 4 rings (SSSR count). The van der Waals surface area contributed by atoms with Crippen LogP contribution in [0.1, 0.15) is 11.1 Å². The molecule has 1 amide bonds. The van der Waals surface area contributed by atoms with Crippen molar-refractivity contribution in [3.05, 3.63) is 83.9 Å². The summed E-state index contributed by atoms with van der Waals surface area (Å²) in [6.07, 6.45) is 0.502. The maximum Gasteiger partial charge on any atom is 0.239 e. The van der Waals surface area contributed by atoms with Gasteiger partial charge in [-0.05, 0) is 35.7 Å². The molecule has 1 atom stereocenters.